The van der Waals surface area contributed by atoms with Crippen molar-refractivity contribution in [3.8, 4) is 17.2 Å². The fourth-order valence-electron chi connectivity index (χ4n) is 2.40. The van der Waals surface area contributed by atoms with Crippen LogP contribution in [0.1, 0.15) is 5.56 Å². The molecule has 3 aromatic rings. The van der Waals surface area contributed by atoms with Crippen molar-refractivity contribution in [2.45, 2.75) is 5.22 Å². The Bertz CT molecular complexity index is 969. The molecule has 0 bridgehead atoms. The van der Waals surface area contributed by atoms with Gasteiger partial charge < -0.3 is 18.6 Å². The molecule has 0 fully saturated rings. The lowest BCUT2D eigenvalue weighted by Gasteiger charge is -2.11. The van der Waals surface area contributed by atoms with Crippen LogP contribution in [-0.4, -0.2) is 44.2 Å². The molecular formula is C19H19N3O5S. The van der Waals surface area contributed by atoms with Crippen molar-refractivity contribution in [2.75, 3.05) is 27.1 Å². The van der Waals surface area contributed by atoms with Gasteiger partial charge in [0, 0.05) is 11.6 Å². The summed E-state index contributed by atoms with van der Waals surface area (Å²) in [5, 5.41) is 4.40. The van der Waals surface area contributed by atoms with Gasteiger partial charge in [-0.2, -0.15) is 5.10 Å². The number of hydrogen-bond donors (Lipinski definition) is 1. The molecule has 1 N–H and O–H groups in total. The third-order valence-electron chi connectivity index (χ3n) is 3.73. The first-order valence-corrected chi connectivity index (χ1v) is 9.23. The Morgan fingerprint density at radius 1 is 1.14 bits per heavy atom. The highest BCUT2D eigenvalue weighted by atomic mass is 32.2. The number of para-hydroxylation sites is 2. The van der Waals surface area contributed by atoms with E-state index in [1.807, 2.05) is 24.3 Å². The molecule has 0 unspecified atom stereocenters. The predicted octanol–water partition coefficient (Wildman–Crippen LogP) is 3.10. The first-order valence-electron chi connectivity index (χ1n) is 8.25. The second-order valence-corrected chi connectivity index (χ2v) is 6.41. The second-order valence-electron chi connectivity index (χ2n) is 5.48. The molecule has 1 amide bonds. The van der Waals surface area contributed by atoms with Crippen molar-refractivity contribution >= 4 is 35.0 Å². The van der Waals surface area contributed by atoms with E-state index in [1.54, 1.807) is 19.2 Å². The lowest BCUT2D eigenvalue weighted by Crippen LogP contribution is -2.19. The molecule has 0 aliphatic carbocycles. The van der Waals surface area contributed by atoms with E-state index < -0.39 is 0 Å². The van der Waals surface area contributed by atoms with Crippen molar-refractivity contribution in [3.63, 3.8) is 0 Å². The van der Waals surface area contributed by atoms with Crippen LogP contribution in [0.25, 0.3) is 11.1 Å². The van der Waals surface area contributed by atoms with E-state index in [2.05, 4.69) is 15.5 Å². The number of carbonyl (C=O) groups excluding carboxylic acids is 1. The topological polar surface area (TPSA) is 95.2 Å². The Labute approximate surface area is 165 Å². The Hall–Kier alpha value is -3.20. The van der Waals surface area contributed by atoms with Crippen molar-refractivity contribution < 1.29 is 23.4 Å². The summed E-state index contributed by atoms with van der Waals surface area (Å²) in [5.74, 6) is 1.44. The number of methoxy groups -OCH3 is 3. The van der Waals surface area contributed by atoms with Crippen LogP contribution in [0, 0.1) is 0 Å². The second kappa shape index (κ2) is 9.14. The molecule has 0 saturated carbocycles. The Morgan fingerprint density at radius 3 is 2.57 bits per heavy atom. The largest absolute Gasteiger partial charge is 0.496 e. The summed E-state index contributed by atoms with van der Waals surface area (Å²) in [6.07, 6.45) is 1.47. The van der Waals surface area contributed by atoms with Gasteiger partial charge in [-0.3, -0.25) is 4.79 Å². The maximum atomic E-state index is 12.0. The highest BCUT2D eigenvalue weighted by Crippen LogP contribution is 2.33. The van der Waals surface area contributed by atoms with Crippen LogP contribution >= 0.6 is 11.8 Å². The number of thioether (sulfide) groups is 1. The van der Waals surface area contributed by atoms with Crippen LogP contribution in [0.3, 0.4) is 0 Å². The smallest absolute Gasteiger partial charge is 0.257 e. The number of carbonyl (C=O) groups is 1. The molecule has 146 valence electrons. The maximum absolute atomic E-state index is 12.0. The van der Waals surface area contributed by atoms with Crippen LogP contribution in [0.5, 0.6) is 17.2 Å². The average molecular weight is 401 g/mol. The van der Waals surface area contributed by atoms with Gasteiger partial charge in [-0.15, -0.1) is 0 Å². The standard InChI is InChI=1S/C19H19N3O5S/c1-24-15-9-17(26-3)16(25-2)8-12(15)10-20-22-18(23)11-28-19-21-13-6-4-5-7-14(13)27-19/h4-10H,11H2,1-3H3,(H,22,23)/b20-10+. The van der Waals surface area contributed by atoms with Crippen LogP contribution in [-0.2, 0) is 4.79 Å². The van der Waals surface area contributed by atoms with Crippen LogP contribution < -0.4 is 19.6 Å². The predicted molar refractivity (Wildman–Crippen MR) is 107 cm³/mol. The average Bonchev–Trinajstić information content (AvgIpc) is 3.14. The first-order chi connectivity index (χ1) is 13.6. The van der Waals surface area contributed by atoms with Crippen molar-refractivity contribution in [3.05, 3.63) is 42.0 Å². The number of oxazole rings is 1. The monoisotopic (exact) mass is 401 g/mol. The molecule has 9 heteroatoms. The molecule has 28 heavy (non-hydrogen) atoms. The van der Waals surface area contributed by atoms with Gasteiger partial charge in [0.2, 0.25) is 0 Å². The lowest BCUT2D eigenvalue weighted by atomic mass is 10.2. The number of aromatic nitrogens is 1. The number of hydrazone groups is 1. The first kappa shape index (κ1) is 19.6. The van der Waals surface area contributed by atoms with Crippen LogP contribution in [0.2, 0.25) is 0 Å². The molecule has 2 aromatic carbocycles. The minimum atomic E-state index is -0.289. The Balaban J connectivity index is 1.60. The maximum Gasteiger partial charge on any atom is 0.257 e. The normalized spacial score (nSPS) is 11.0. The number of nitrogens with one attached hydrogen (secondary N) is 1. The van der Waals surface area contributed by atoms with Gasteiger partial charge in [0.15, 0.2) is 17.1 Å². The van der Waals surface area contributed by atoms with Gasteiger partial charge in [0.05, 0.1) is 33.3 Å². The van der Waals surface area contributed by atoms with Crippen LogP contribution in [0.4, 0.5) is 0 Å². The van der Waals surface area contributed by atoms with Gasteiger partial charge in [-0.1, -0.05) is 23.9 Å². The number of amides is 1. The number of fused-ring (bicyclic) bond motifs is 1. The molecule has 1 aromatic heterocycles. The molecule has 0 spiro atoms. The van der Waals surface area contributed by atoms with Gasteiger partial charge in [-0.25, -0.2) is 10.4 Å². The highest BCUT2D eigenvalue weighted by Gasteiger charge is 2.11. The van der Waals surface area contributed by atoms with E-state index in [0.717, 1.165) is 5.52 Å². The molecule has 0 aliphatic rings. The quantitative estimate of drug-likeness (QED) is 0.352. The molecule has 1 heterocycles. The van der Waals surface area contributed by atoms with Gasteiger partial charge in [0.1, 0.15) is 11.3 Å². The SMILES string of the molecule is COc1cc(OC)c(OC)cc1/C=N/NC(=O)CSc1nc2ccccc2o1. The lowest BCUT2D eigenvalue weighted by molar-refractivity contribution is -0.118. The summed E-state index contributed by atoms with van der Waals surface area (Å²) in [7, 11) is 4.62. The van der Waals surface area contributed by atoms with E-state index in [0.29, 0.717) is 33.6 Å². The van der Waals surface area contributed by atoms with E-state index in [-0.39, 0.29) is 11.7 Å². The van der Waals surface area contributed by atoms with Crippen molar-refractivity contribution in [1.29, 1.82) is 0 Å². The van der Waals surface area contributed by atoms with Crippen molar-refractivity contribution in [2.24, 2.45) is 5.10 Å². The van der Waals surface area contributed by atoms with Crippen LogP contribution in [0.15, 0.2) is 51.1 Å². The van der Waals surface area contributed by atoms with E-state index >= 15 is 0 Å². The summed E-state index contributed by atoms with van der Waals surface area (Å²) >= 11 is 1.19. The molecule has 0 saturated heterocycles. The van der Waals surface area contributed by atoms with Gasteiger partial charge in [0.25, 0.3) is 11.1 Å². The zero-order chi connectivity index (χ0) is 19.9. The molecule has 0 atom stereocenters. The summed E-state index contributed by atoms with van der Waals surface area (Å²) in [6, 6.07) is 10.8. The summed E-state index contributed by atoms with van der Waals surface area (Å²) in [4.78, 5) is 16.3. The molecular weight excluding hydrogens is 382 g/mol. The summed E-state index contributed by atoms with van der Waals surface area (Å²) < 4.78 is 21.4. The number of hydrogen-bond acceptors (Lipinski definition) is 8. The van der Waals surface area contributed by atoms with E-state index in [1.165, 1.54) is 32.2 Å². The third kappa shape index (κ3) is 4.55. The zero-order valence-electron chi connectivity index (χ0n) is 15.6. The molecule has 0 aliphatic heterocycles. The van der Waals surface area contributed by atoms with E-state index in [4.69, 9.17) is 18.6 Å². The minimum absolute atomic E-state index is 0.118. The van der Waals surface area contributed by atoms with E-state index in [9.17, 15) is 4.79 Å². The minimum Gasteiger partial charge on any atom is -0.496 e. The fourth-order valence-corrected chi connectivity index (χ4v) is 3.03. The third-order valence-corrected chi connectivity index (χ3v) is 4.56. The number of rotatable bonds is 8. The zero-order valence-corrected chi connectivity index (χ0v) is 16.4. The van der Waals surface area contributed by atoms with Crippen molar-refractivity contribution in [1.82, 2.24) is 10.4 Å². The molecule has 3 rings (SSSR count). The number of benzene rings is 2. The highest BCUT2D eigenvalue weighted by molar-refractivity contribution is 7.99. The van der Waals surface area contributed by atoms with Gasteiger partial charge in [-0.05, 0) is 18.2 Å². The molecule has 8 nitrogen and oxygen atoms in total. The Kier molecular flexibility index (Phi) is 6.38. The number of ether oxygens (including phenoxy) is 3. The summed E-state index contributed by atoms with van der Waals surface area (Å²) in [5.41, 5.74) is 4.53. The molecule has 0 radical (unpaired) electrons. The fraction of sp³-hybridized carbons (Fsp3) is 0.211. The van der Waals surface area contributed by atoms with Gasteiger partial charge >= 0.3 is 0 Å². The summed E-state index contributed by atoms with van der Waals surface area (Å²) in [6.45, 7) is 0. The Morgan fingerprint density at radius 2 is 1.86 bits per heavy atom. The number of nitrogens with zero attached hydrogens (tertiary/aromatic N) is 2.